The summed E-state index contributed by atoms with van der Waals surface area (Å²) >= 11 is 0. The van der Waals surface area contributed by atoms with E-state index in [9.17, 15) is 0 Å². The fourth-order valence-electron chi connectivity index (χ4n) is 3.67. The Morgan fingerprint density at radius 3 is 2.35 bits per heavy atom. The van der Waals surface area contributed by atoms with E-state index in [2.05, 4.69) is 19.9 Å². The number of hydrogen-bond acceptors (Lipinski definition) is 3. The van der Waals surface area contributed by atoms with Crippen molar-refractivity contribution in [3.8, 4) is 11.5 Å². The van der Waals surface area contributed by atoms with Crippen LogP contribution in [0.2, 0.25) is 0 Å². The summed E-state index contributed by atoms with van der Waals surface area (Å²) in [7, 11) is 0. The van der Waals surface area contributed by atoms with E-state index in [1.54, 1.807) is 0 Å². The van der Waals surface area contributed by atoms with Gasteiger partial charge in [0.15, 0.2) is 11.5 Å². The first kappa shape index (κ1) is 13.7. The maximum Gasteiger partial charge on any atom is 0.165 e. The molecular formula is C17H25NO2. The molecule has 3 heteroatoms. The highest BCUT2D eigenvalue weighted by molar-refractivity contribution is 5.58. The lowest BCUT2D eigenvalue weighted by atomic mass is 9.68. The molecule has 0 amide bonds. The second-order valence-electron chi connectivity index (χ2n) is 6.27. The van der Waals surface area contributed by atoms with Crippen molar-refractivity contribution in [3.05, 3.63) is 22.8 Å². The Labute approximate surface area is 121 Å². The molecule has 0 unspecified atom stereocenters. The van der Waals surface area contributed by atoms with E-state index < -0.39 is 0 Å². The first-order valence-corrected chi connectivity index (χ1v) is 7.78. The Hall–Kier alpha value is -1.22. The van der Waals surface area contributed by atoms with Gasteiger partial charge in [0.2, 0.25) is 0 Å². The molecule has 0 aromatic heterocycles. The SMILES string of the molecule is Cc1cc(C2(CN)CCCCC2)c2c(c1C)OCCO2. The van der Waals surface area contributed by atoms with Crippen molar-refractivity contribution in [3.63, 3.8) is 0 Å². The number of ether oxygens (including phenoxy) is 2. The highest BCUT2D eigenvalue weighted by atomic mass is 16.6. The monoisotopic (exact) mass is 275 g/mol. The van der Waals surface area contributed by atoms with Crippen LogP contribution in [0.3, 0.4) is 0 Å². The smallest absolute Gasteiger partial charge is 0.165 e. The summed E-state index contributed by atoms with van der Waals surface area (Å²) in [5.74, 6) is 1.91. The molecule has 3 nitrogen and oxygen atoms in total. The first-order valence-electron chi connectivity index (χ1n) is 7.78. The number of aryl methyl sites for hydroxylation is 1. The summed E-state index contributed by atoms with van der Waals surface area (Å²) in [4.78, 5) is 0. The number of hydrogen-bond donors (Lipinski definition) is 1. The molecular weight excluding hydrogens is 250 g/mol. The zero-order valence-corrected chi connectivity index (χ0v) is 12.6. The van der Waals surface area contributed by atoms with Crippen molar-refractivity contribution in [1.82, 2.24) is 0 Å². The zero-order valence-electron chi connectivity index (χ0n) is 12.6. The van der Waals surface area contributed by atoms with Crippen LogP contribution in [0.1, 0.15) is 48.8 Å². The molecule has 1 aliphatic heterocycles. The van der Waals surface area contributed by atoms with Crippen molar-refractivity contribution < 1.29 is 9.47 Å². The van der Waals surface area contributed by atoms with Gasteiger partial charge in [0.05, 0.1) is 0 Å². The molecule has 1 aromatic rings. The summed E-state index contributed by atoms with van der Waals surface area (Å²) < 4.78 is 11.9. The van der Waals surface area contributed by atoms with Crippen LogP contribution in [0.25, 0.3) is 0 Å². The highest BCUT2D eigenvalue weighted by Crippen LogP contribution is 2.48. The molecule has 1 fully saturated rings. The lowest BCUT2D eigenvalue weighted by Gasteiger charge is -2.39. The van der Waals surface area contributed by atoms with Gasteiger partial charge < -0.3 is 15.2 Å². The second kappa shape index (κ2) is 5.28. The molecule has 1 aromatic carbocycles. The molecule has 1 saturated carbocycles. The second-order valence-corrected chi connectivity index (χ2v) is 6.27. The lowest BCUT2D eigenvalue weighted by Crippen LogP contribution is -2.38. The average Bonchev–Trinajstić information content (AvgIpc) is 2.51. The maximum atomic E-state index is 6.20. The highest BCUT2D eigenvalue weighted by Gasteiger charge is 2.37. The molecule has 1 heterocycles. The van der Waals surface area contributed by atoms with Crippen molar-refractivity contribution >= 4 is 0 Å². The van der Waals surface area contributed by atoms with E-state index in [4.69, 9.17) is 15.2 Å². The van der Waals surface area contributed by atoms with Crippen LogP contribution in [0.5, 0.6) is 11.5 Å². The Kier molecular flexibility index (Phi) is 3.63. The Morgan fingerprint density at radius 1 is 1.05 bits per heavy atom. The molecule has 1 aliphatic carbocycles. The van der Waals surface area contributed by atoms with E-state index in [1.165, 1.54) is 48.8 Å². The lowest BCUT2D eigenvalue weighted by molar-refractivity contribution is 0.162. The fourth-order valence-corrected chi connectivity index (χ4v) is 3.67. The summed E-state index contributed by atoms with van der Waals surface area (Å²) in [5, 5.41) is 0. The molecule has 110 valence electrons. The van der Waals surface area contributed by atoms with Crippen molar-refractivity contribution in [1.29, 1.82) is 0 Å². The normalized spacial score (nSPS) is 20.8. The van der Waals surface area contributed by atoms with Gasteiger partial charge in [-0.15, -0.1) is 0 Å². The molecule has 0 atom stereocenters. The number of nitrogens with two attached hydrogens (primary N) is 1. The Bertz CT molecular complexity index is 504. The Balaban J connectivity index is 2.14. The molecule has 20 heavy (non-hydrogen) atoms. The number of benzene rings is 1. The third-order valence-corrected chi connectivity index (χ3v) is 5.09. The van der Waals surface area contributed by atoms with Gasteiger partial charge in [-0.2, -0.15) is 0 Å². The van der Waals surface area contributed by atoms with Crippen LogP contribution in [0.4, 0.5) is 0 Å². The Morgan fingerprint density at radius 2 is 1.70 bits per heavy atom. The van der Waals surface area contributed by atoms with Gasteiger partial charge in [0.25, 0.3) is 0 Å². The van der Waals surface area contributed by atoms with E-state index >= 15 is 0 Å². The fraction of sp³-hybridized carbons (Fsp3) is 0.647. The molecule has 2 N–H and O–H groups in total. The predicted octanol–water partition coefficient (Wildman–Crippen LogP) is 3.24. The quantitative estimate of drug-likeness (QED) is 0.901. The van der Waals surface area contributed by atoms with Gasteiger partial charge in [0, 0.05) is 17.5 Å². The molecule has 2 aliphatic rings. The van der Waals surface area contributed by atoms with E-state index in [1.807, 2.05) is 0 Å². The van der Waals surface area contributed by atoms with Gasteiger partial charge in [-0.1, -0.05) is 25.3 Å². The minimum atomic E-state index is 0.0848. The van der Waals surface area contributed by atoms with Crippen LogP contribution in [-0.2, 0) is 5.41 Å². The van der Waals surface area contributed by atoms with Gasteiger partial charge in [-0.05, 0) is 37.8 Å². The number of rotatable bonds is 2. The summed E-state index contributed by atoms with van der Waals surface area (Å²) in [6.45, 7) is 6.26. The third kappa shape index (κ3) is 2.08. The van der Waals surface area contributed by atoms with Gasteiger partial charge >= 0.3 is 0 Å². The topological polar surface area (TPSA) is 44.5 Å². The minimum Gasteiger partial charge on any atom is -0.486 e. The number of fused-ring (bicyclic) bond motifs is 1. The van der Waals surface area contributed by atoms with Gasteiger partial charge in [-0.25, -0.2) is 0 Å². The van der Waals surface area contributed by atoms with Crippen LogP contribution in [0.15, 0.2) is 6.07 Å². The van der Waals surface area contributed by atoms with Crippen LogP contribution in [-0.4, -0.2) is 19.8 Å². The van der Waals surface area contributed by atoms with Gasteiger partial charge in [-0.3, -0.25) is 0 Å². The largest absolute Gasteiger partial charge is 0.486 e. The molecule has 0 saturated heterocycles. The molecule has 0 radical (unpaired) electrons. The van der Waals surface area contributed by atoms with Crippen molar-refractivity contribution in [2.45, 2.75) is 51.4 Å². The summed E-state index contributed by atoms with van der Waals surface area (Å²) in [6.07, 6.45) is 6.19. The average molecular weight is 275 g/mol. The summed E-state index contributed by atoms with van der Waals surface area (Å²) in [6, 6.07) is 2.29. The van der Waals surface area contributed by atoms with Crippen LogP contribution < -0.4 is 15.2 Å². The third-order valence-electron chi connectivity index (χ3n) is 5.09. The molecule has 0 spiro atoms. The zero-order chi connectivity index (χ0) is 14.2. The minimum absolute atomic E-state index is 0.0848. The van der Waals surface area contributed by atoms with Crippen molar-refractivity contribution in [2.24, 2.45) is 5.73 Å². The van der Waals surface area contributed by atoms with Crippen molar-refractivity contribution in [2.75, 3.05) is 19.8 Å². The van der Waals surface area contributed by atoms with E-state index in [-0.39, 0.29) is 5.41 Å². The first-order chi connectivity index (χ1) is 9.68. The van der Waals surface area contributed by atoms with Gasteiger partial charge in [0.1, 0.15) is 13.2 Å². The standard InChI is InChI=1S/C17H25NO2/c1-12-10-14(17(11-18)6-4-3-5-7-17)16-15(13(12)2)19-8-9-20-16/h10H,3-9,11,18H2,1-2H3. The molecule has 3 rings (SSSR count). The van der Waals surface area contributed by atoms with E-state index in [0.717, 1.165) is 11.5 Å². The van der Waals surface area contributed by atoms with Crippen LogP contribution in [0, 0.1) is 13.8 Å². The van der Waals surface area contributed by atoms with Crippen LogP contribution >= 0.6 is 0 Å². The predicted molar refractivity (Wildman–Crippen MR) is 80.7 cm³/mol. The maximum absolute atomic E-state index is 6.20. The van der Waals surface area contributed by atoms with E-state index in [0.29, 0.717) is 19.8 Å². The molecule has 0 bridgehead atoms. The summed E-state index contributed by atoms with van der Waals surface area (Å²) in [5.41, 5.74) is 10.0.